The van der Waals surface area contributed by atoms with E-state index in [-0.39, 0.29) is 0 Å². The van der Waals surface area contributed by atoms with Gasteiger partial charge in [0, 0.05) is 17.9 Å². The summed E-state index contributed by atoms with van der Waals surface area (Å²) in [5, 5.41) is 3.43. The molecule has 1 heterocycles. The van der Waals surface area contributed by atoms with Crippen LogP contribution in [0.1, 0.15) is 28.8 Å². The SMILES string of the molecule is CNC(CCc1ccccn1)Cc1cc(C)cc(C)c1. The summed E-state index contributed by atoms with van der Waals surface area (Å²) < 4.78 is 0. The predicted molar refractivity (Wildman–Crippen MR) is 85.0 cm³/mol. The Morgan fingerprint density at radius 2 is 1.85 bits per heavy atom. The van der Waals surface area contributed by atoms with Crippen molar-refractivity contribution in [3.05, 3.63) is 65.0 Å². The van der Waals surface area contributed by atoms with Gasteiger partial charge in [0.05, 0.1) is 0 Å². The summed E-state index contributed by atoms with van der Waals surface area (Å²) in [6.45, 7) is 4.33. The maximum atomic E-state index is 4.39. The standard InChI is InChI=1S/C18H24N2/c1-14-10-15(2)12-16(11-14)13-18(19-3)8-7-17-6-4-5-9-20-17/h4-6,9-12,18-19H,7-8,13H2,1-3H3. The molecule has 1 atom stereocenters. The number of hydrogen-bond donors (Lipinski definition) is 1. The highest BCUT2D eigenvalue weighted by Crippen LogP contribution is 2.13. The van der Waals surface area contributed by atoms with Crippen LogP contribution in [-0.4, -0.2) is 18.1 Å². The molecule has 0 aliphatic carbocycles. The Hall–Kier alpha value is -1.67. The van der Waals surface area contributed by atoms with Gasteiger partial charge in [-0.3, -0.25) is 4.98 Å². The van der Waals surface area contributed by atoms with E-state index >= 15 is 0 Å². The van der Waals surface area contributed by atoms with Crippen molar-refractivity contribution >= 4 is 0 Å². The van der Waals surface area contributed by atoms with Gasteiger partial charge in [-0.05, 0) is 57.9 Å². The molecular weight excluding hydrogens is 244 g/mol. The average Bonchev–Trinajstić information content (AvgIpc) is 2.43. The van der Waals surface area contributed by atoms with E-state index in [9.17, 15) is 0 Å². The average molecular weight is 268 g/mol. The minimum Gasteiger partial charge on any atom is -0.317 e. The maximum Gasteiger partial charge on any atom is 0.0404 e. The van der Waals surface area contributed by atoms with Crippen LogP contribution in [0.3, 0.4) is 0 Å². The number of benzene rings is 1. The second-order valence-electron chi connectivity index (χ2n) is 5.55. The summed E-state index contributed by atoms with van der Waals surface area (Å²) in [6, 6.07) is 13.4. The Morgan fingerprint density at radius 1 is 1.10 bits per heavy atom. The third-order valence-electron chi connectivity index (χ3n) is 3.65. The van der Waals surface area contributed by atoms with Crippen LogP contribution in [0.2, 0.25) is 0 Å². The van der Waals surface area contributed by atoms with Crippen LogP contribution < -0.4 is 5.32 Å². The third-order valence-corrected chi connectivity index (χ3v) is 3.65. The molecule has 2 nitrogen and oxygen atoms in total. The zero-order valence-electron chi connectivity index (χ0n) is 12.7. The smallest absolute Gasteiger partial charge is 0.0404 e. The second-order valence-corrected chi connectivity index (χ2v) is 5.55. The number of rotatable bonds is 6. The highest BCUT2D eigenvalue weighted by molar-refractivity contribution is 5.29. The van der Waals surface area contributed by atoms with E-state index < -0.39 is 0 Å². The first-order valence-corrected chi connectivity index (χ1v) is 7.31. The van der Waals surface area contributed by atoms with Crippen molar-refractivity contribution in [2.75, 3.05) is 7.05 Å². The Balaban J connectivity index is 1.95. The van der Waals surface area contributed by atoms with Crippen molar-refractivity contribution in [2.45, 2.75) is 39.2 Å². The number of hydrogen-bond acceptors (Lipinski definition) is 2. The van der Waals surface area contributed by atoms with Gasteiger partial charge >= 0.3 is 0 Å². The molecule has 1 aromatic heterocycles. The molecule has 2 heteroatoms. The van der Waals surface area contributed by atoms with E-state index in [1.165, 1.54) is 22.4 Å². The van der Waals surface area contributed by atoms with Crippen molar-refractivity contribution in [1.29, 1.82) is 0 Å². The summed E-state index contributed by atoms with van der Waals surface area (Å²) in [7, 11) is 2.05. The molecule has 0 saturated heterocycles. The van der Waals surface area contributed by atoms with Crippen LogP contribution in [0.25, 0.3) is 0 Å². The highest BCUT2D eigenvalue weighted by atomic mass is 14.9. The van der Waals surface area contributed by atoms with Gasteiger partial charge in [0.15, 0.2) is 0 Å². The fourth-order valence-electron chi connectivity index (χ4n) is 2.69. The van der Waals surface area contributed by atoms with Crippen LogP contribution in [0.4, 0.5) is 0 Å². The second kappa shape index (κ2) is 7.20. The number of nitrogens with one attached hydrogen (secondary N) is 1. The van der Waals surface area contributed by atoms with Gasteiger partial charge in [-0.2, -0.15) is 0 Å². The molecule has 0 radical (unpaired) electrons. The summed E-state index contributed by atoms with van der Waals surface area (Å²) in [5.41, 5.74) is 5.29. The van der Waals surface area contributed by atoms with Gasteiger partial charge in [0.1, 0.15) is 0 Å². The number of aryl methyl sites for hydroxylation is 3. The normalized spacial score (nSPS) is 12.3. The van der Waals surface area contributed by atoms with Crippen molar-refractivity contribution in [2.24, 2.45) is 0 Å². The molecule has 0 spiro atoms. The van der Waals surface area contributed by atoms with Gasteiger partial charge in [0.25, 0.3) is 0 Å². The lowest BCUT2D eigenvalue weighted by molar-refractivity contribution is 0.517. The fraction of sp³-hybridized carbons (Fsp3) is 0.389. The lowest BCUT2D eigenvalue weighted by Crippen LogP contribution is -2.28. The highest BCUT2D eigenvalue weighted by Gasteiger charge is 2.08. The molecule has 0 aliphatic heterocycles. The minimum absolute atomic E-state index is 0.498. The van der Waals surface area contributed by atoms with Crippen molar-refractivity contribution in [1.82, 2.24) is 10.3 Å². The molecule has 1 aromatic carbocycles. The van der Waals surface area contributed by atoms with Crippen LogP contribution >= 0.6 is 0 Å². The molecule has 2 aromatic rings. The van der Waals surface area contributed by atoms with Crippen LogP contribution in [-0.2, 0) is 12.8 Å². The Kier molecular flexibility index (Phi) is 5.31. The van der Waals surface area contributed by atoms with E-state index in [2.05, 4.69) is 54.5 Å². The molecule has 0 aliphatic rings. The molecule has 2 rings (SSSR count). The van der Waals surface area contributed by atoms with Gasteiger partial charge < -0.3 is 5.32 Å². The monoisotopic (exact) mass is 268 g/mol. The zero-order valence-corrected chi connectivity index (χ0v) is 12.7. The van der Waals surface area contributed by atoms with Gasteiger partial charge in [-0.1, -0.05) is 35.4 Å². The Labute approximate surface area is 122 Å². The lowest BCUT2D eigenvalue weighted by atomic mass is 9.98. The summed E-state index contributed by atoms with van der Waals surface area (Å²) >= 11 is 0. The lowest BCUT2D eigenvalue weighted by Gasteiger charge is -2.17. The van der Waals surface area contributed by atoms with Crippen LogP contribution in [0.15, 0.2) is 42.6 Å². The summed E-state index contributed by atoms with van der Waals surface area (Å²) in [6.07, 6.45) is 5.08. The Morgan fingerprint density at radius 3 is 2.45 bits per heavy atom. The summed E-state index contributed by atoms with van der Waals surface area (Å²) in [4.78, 5) is 4.39. The largest absolute Gasteiger partial charge is 0.317 e. The van der Waals surface area contributed by atoms with E-state index in [0.717, 1.165) is 19.3 Å². The molecule has 106 valence electrons. The van der Waals surface area contributed by atoms with Gasteiger partial charge in [0.2, 0.25) is 0 Å². The number of aromatic nitrogens is 1. The maximum absolute atomic E-state index is 4.39. The van der Waals surface area contributed by atoms with E-state index in [1.807, 2.05) is 19.3 Å². The van der Waals surface area contributed by atoms with Crippen molar-refractivity contribution < 1.29 is 0 Å². The van der Waals surface area contributed by atoms with Crippen LogP contribution in [0, 0.1) is 13.8 Å². The summed E-state index contributed by atoms with van der Waals surface area (Å²) in [5.74, 6) is 0. The van der Waals surface area contributed by atoms with E-state index in [4.69, 9.17) is 0 Å². The number of likely N-dealkylation sites (N-methyl/N-ethyl adjacent to an activating group) is 1. The zero-order chi connectivity index (χ0) is 14.4. The van der Waals surface area contributed by atoms with Gasteiger partial charge in [-0.25, -0.2) is 0 Å². The molecular formula is C18H24N2. The topological polar surface area (TPSA) is 24.9 Å². The number of pyridine rings is 1. The molecule has 0 amide bonds. The Bertz CT molecular complexity index is 514. The molecule has 20 heavy (non-hydrogen) atoms. The predicted octanol–water partition coefficient (Wildman–Crippen LogP) is 3.46. The quantitative estimate of drug-likeness (QED) is 0.868. The van der Waals surface area contributed by atoms with E-state index in [1.54, 1.807) is 0 Å². The first kappa shape index (κ1) is 14.7. The molecule has 0 fully saturated rings. The fourth-order valence-corrected chi connectivity index (χ4v) is 2.69. The third kappa shape index (κ3) is 4.46. The molecule has 1 N–H and O–H groups in total. The van der Waals surface area contributed by atoms with Gasteiger partial charge in [-0.15, -0.1) is 0 Å². The molecule has 1 unspecified atom stereocenters. The molecule has 0 bridgehead atoms. The first-order valence-electron chi connectivity index (χ1n) is 7.31. The van der Waals surface area contributed by atoms with E-state index in [0.29, 0.717) is 6.04 Å². The van der Waals surface area contributed by atoms with Crippen molar-refractivity contribution in [3.8, 4) is 0 Å². The van der Waals surface area contributed by atoms with Crippen molar-refractivity contribution in [3.63, 3.8) is 0 Å². The minimum atomic E-state index is 0.498. The van der Waals surface area contributed by atoms with Crippen LogP contribution in [0.5, 0.6) is 0 Å². The number of nitrogens with zero attached hydrogens (tertiary/aromatic N) is 1. The molecule has 0 saturated carbocycles. The first-order chi connectivity index (χ1) is 9.67.